The Hall–Kier alpha value is -1.76. The number of anilines is 2. The molecule has 2 aliphatic carbocycles. The number of nitrogens with one attached hydrogen (secondary N) is 2. The number of carbonyl (C=O) groups is 2. The second kappa shape index (κ2) is 5.22. The molecule has 114 valence electrons. The van der Waals surface area contributed by atoms with Crippen LogP contribution in [0.1, 0.15) is 52.6 Å². The van der Waals surface area contributed by atoms with Crippen LogP contribution < -0.4 is 22.1 Å². The van der Waals surface area contributed by atoms with Gasteiger partial charge < -0.3 is 22.1 Å². The van der Waals surface area contributed by atoms with Gasteiger partial charge in [-0.2, -0.15) is 0 Å². The van der Waals surface area contributed by atoms with Crippen LogP contribution in [0.2, 0.25) is 0 Å². The number of thiophene rings is 1. The lowest BCUT2D eigenvalue weighted by molar-refractivity contribution is 0.0955. The Labute approximate surface area is 127 Å². The van der Waals surface area contributed by atoms with Gasteiger partial charge in [-0.15, -0.1) is 11.3 Å². The summed E-state index contributed by atoms with van der Waals surface area (Å²) in [5, 5.41) is 6.80. The van der Waals surface area contributed by atoms with E-state index in [1.807, 2.05) is 0 Å². The first-order valence-electron chi connectivity index (χ1n) is 7.26. The van der Waals surface area contributed by atoms with E-state index in [-0.39, 0.29) is 29.2 Å². The van der Waals surface area contributed by atoms with E-state index in [1.54, 1.807) is 0 Å². The predicted octanol–water partition coefficient (Wildman–Crippen LogP) is 1.53. The molecule has 0 bridgehead atoms. The second-order valence-electron chi connectivity index (χ2n) is 5.93. The minimum atomic E-state index is -0.597. The molecule has 21 heavy (non-hydrogen) atoms. The molecule has 2 saturated carbocycles. The van der Waals surface area contributed by atoms with E-state index in [4.69, 9.17) is 11.5 Å². The Bertz CT molecular complexity index is 590. The first-order valence-corrected chi connectivity index (χ1v) is 8.08. The molecular weight excluding hydrogens is 288 g/mol. The van der Waals surface area contributed by atoms with Crippen molar-refractivity contribution < 1.29 is 9.59 Å². The van der Waals surface area contributed by atoms with Gasteiger partial charge >= 0.3 is 0 Å². The van der Waals surface area contributed by atoms with Crippen LogP contribution in [-0.2, 0) is 0 Å². The van der Waals surface area contributed by atoms with Crippen LogP contribution in [0.25, 0.3) is 0 Å². The highest BCUT2D eigenvalue weighted by molar-refractivity contribution is 7.19. The summed E-state index contributed by atoms with van der Waals surface area (Å²) in [7, 11) is 0. The van der Waals surface area contributed by atoms with Crippen molar-refractivity contribution in [1.29, 1.82) is 0 Å². The monoisotopic (exact) mass is 308 g/mol. The quantitative estimate of drug-likeness (QED) is 0.638. The van der Waals surface area contributed by atoms with Gasteiger partial charge in [-0.1, -0.05) is 0 Å². The maximum Gasteiger partial charge on any atom is 0.263 e. The van der Waals surface area contributed by atoms with Crippen molar-refractivity contribution in [3.63, 3.8) is 0 Å². The van der Waals surface area contributed by atoms with Gasteiger partial charge in [0.1, 0.15) is 9.88 Å². The summed E-state index contributed by atoms with van der Waals surface area (Å²) >= 11 is 1.22. The Balaban J connectivity index is 1.86. The maximum atomic E-state index is 12.2. The minimum absolute atomic E-state index is 0.191. The van der Waals surface area contributed by atoms with Gasteiger partial charge in [-0.05, 0) is 38.5 Å². The normalized spacial score (nSPS) is 19.1. The average Bonchev–Trinajstić information content (AvgIpc) is 3.28. The van der Waals surface area contributed by atoms with Crippen molar-refractivity contribution in [2.75, 3.05) is 11.1 Å². The van der Waals surface area contributed by atoms with Crippen LogP contribution in [0.15, 0.2) is 0 Å². The van der Waals surface area contributed by atoms with Crippen molar-refractivity contribution in [2.24, 2.45) is 11.7 Å². The summed E-state index contributed by atoms with van der Waals surface area (Å²) in [5.74, 6) is -0.188. The molecule has 7 heteroatoms. The van der Waals surface area contributed by atoms with Crippen LogP contribution in [0.5, 0.6) is 0 Å². The third-order valence-corrected chi connectivity index (χ3v) is 5.13. The van der Waals surface area contributed by atoms with E-state index >= 15 is 0 Å². The lowest BCUT2D eigenvalue weighted by Gasteiger charge is -2.13. The van der Waals surface area contributed by atoms with Crippen molar-refractivity contribution in [3.05, 3.63) is 10.4 Å². The van der Waals surface area contributed by atoms with Gasteiger partial charge in [0, 0.05) is 12.1 Å². The number of carbonyl (C=O) groups excluding carboxylic acids is 2. The molecule has 0 radical (unpaired) electrons. The van der Waals surface area contributed by atoms with Gasteiger partial charge in [0.05, 0.1) is 11.3 Å². The third kappa shape index (κ3) is 2.97. The standard InChI is InChI=1S/C14H20N4O2S/c1-6(7-2-3-7)17-14-9(12(16)19)10(15)11(21-14)13(20)18-8-4-5-8/h6-8,17H,2-5,15H2,1H3,(H2,16,19)(H,18,20). The zero-order valence-corrected chi connectivity index (χ0v) is 12.8. The second-order valence-corrected chi connectivity index (χ2v) is 6.95. The highest BCUT2D eigenvalue weighted by atomic mass is 32.1. The average molecular weight is 308 g/mol. The summed E-state index contributed by atoms with van der Waals surface area (Å²) in [6.45, 7) is 2.07. The Kier molecular flexibility index (Phi) is 3.52. The van der Waals surface area contributed by atoms with Gasteiger partial charge in [0.15, 0.2) is 0 Å². The topological polar surface area (TPSA) is 110 Å². The highest BCUT2D eigenvalue weighted by Gasteiger charge is 2.32. The molecule has 1 atom stereocenters. The summed E-state index contributed by atoms with van der Waals surface area (Å²) in [6.07, 6.45) is 4.39. The minimum Gasteiger partial charge on any atom is -0.397 e. The number of nitrogens with two attached hydrogens (primary N) is 2. The van der Waals surface area contributed by atoms with Crippen molar-refractivity contribution in [1.82, 2.24) is 5.32 Å². The Morgan fingerprint density at radius 2 is 1.95 bits per heavy atom. The molecule has 1 aromatic heterocycles. The van der Waals surface area contributed by atoms with Gasteiger partial charge in [0.2, 0.25) is 0 Å². The lowest BCUT2D eigenvalue weighted by Crippen LogP contribution is -2.25. The summed E-state index contributed by atoms with van der Waals surface area (Å²) in [4.78, 5) is 24.2. The fourth-order valence-corrected chi connectivity index (χ4v) is 3.48. The van der Waals surface area contributed by atoms with E-state index in [2.05, 4.69) is 17.6 Å². The van der Waals surface area contributed by atoms with E-state index in [0.717, 1.165) is 12.8 Å². The van der Waals surface area contributed by atoms with E-state index in [9.17, 15) is 9.59 Å². The number of hydrogen-bond donors (Lipinski definition) is 4. The SMILES string of the molecule is CC(Nc1sc(C(=O)NC2CC2)c(N)c1C(N)=O)C1CC1. The molecule has 0 aliphatic heterocycles. The first kappa shape index (κ1) is 14.2. The molecule has 6 nitrogen and oxygen atoms in total. The number of amides is 2. The van der Waals surface area contributed by atoms with Crippen molar-refractivity contribution in [2.45, 2.75) is 44.7 Å². The predicted molar refractivity (Wildman–Crippen MR) is 83.5 cm³/mol. The number of primary amides is 1. The molecule has 2 amide bonds. The van der Waals surface area contributed by atoms with Gasteiger partial charge in [-0.3, -0.25) is 9.59 Å². The zero-order valence-electron chi connectivity index (χ0n) is 11.9. The maximum absolute atomic E-state index is 12.2. The zero-order chi connectivity index (χ0) is 15.1. The molecule has 1 aromatic rings. The van der Waals surface area contributed by atoms with Crippen molar-refractivity contribution in [3.8, 4) is 0 Å². The summed E-state index contributed by atoms with van der Waals surface area (Å²) in [5.41, 5.74) is 11.8. The van der Waals surface area contributed by atoms with Crippen LogP contribution in [-0.4, -0.2) is 23.9 Å². The van der Waals surface area contributed by atoms with Crippen LogP contribution in [0.4, 0.5) is 10.7 Å². The van der Waals surface area contributed by atoms with E-state index < -0.39 is 5.91 Å². The molecule has 0 saturated heterocycles. The Morgan fingerprint density at radius 3 is 2.48 bits per heavy atom. The van der Waals surface area contributed by atoms with Gasteiger partial charge in [0.25, 0.3) is 11.8 Å². The fourth-order valence-electron chi connectivity index (χ4n) is 2.36. The molecule has 1 unspecified atom stereocenters. The smallest absolute Gasteiger partial charge is 0.263 e. The van der Waals surface area contributed by atoms with Crippen LogP contribution in [0.3, 0.4) is 0 Å². The molecule has 2 fully saturated rings. The van der Waals surface area contributed by atoms with Crippen molar-refractivity contribution >= 4 is 33.8 Å². The summed E-state index contributed by atoms with van der Waals surface area (Å²) < 4.78 is 0. The Morgan fingerprint density at radius 1 is 1.29 bits per heavy atom. The van der Waals surface area contributed by atoms with E-state index in [0.29, 0.717) is 15.8 Å². The fraction of sp³-hybridized carbons (Fsp3) is 0.571. The van der Waals surface area contributed by atoms with Gasteiger partial charge in [-0.25, -0.2) is 0 Å². The molecule has 6 N–H and O–H groups in total. The third-order valence-electron chi connectivity index (χ3n) is 4.00. The van der Waals surface area contributed by atoms with Crippen LogP contribution >= 0.6 is 11.3 Å². The number of nitrogen functional groups attached to an aromatic ring is 1. The highest BCUT2D eigenvalue weighted by Crippen LogP contribution is 2.39. The number of hydrogen-bond acceptors (Lipinski definition) is 5. The largest absolute Gasteiger partial charge is 0.397 e. The summed E-state index contributed by atoms with van der Waals surface area (Å²) in [6, 6.07) is 0.498. The molecule has 2 aliphatic rings. The van der Waals surface area contributed by atoms with E-state index in [1.165, 1.54) is 24.2 Å². The van der Waals surface area contributed by atoms with Crippen LogP contribution in [0, 0.1) is 5.92 Å². The lowest BCUT2D eigenvalue weighted by atomic mass is 10.2. The first-order chi connectivity index (χ1) is 9.97. The molecule has 3 rings (SSSR count). The number of rotatable bonds is 6. The molecule has 0 aromatic carbocycles. The molecule has 1 heterocycles. The molecule has 0 spiro atoms. The molecular formula is C14H20N4O2S.